The van der Waals surface area contributed by atoms with Gasteiger partial charge in [-0.15, -0.1) is 10.2 Å². The summed E-state index contributed by atoms with van der Waals surface area (Å²) in [6, 6.07) is 3.83. The van der Waals surface area contributed by atoms with Gasteiger partial charge in [0.25, 0.3) is 30.4 Å². The van der Waals surface area contributed by atoms with Crippen molar-refractivity contribution in [3.63, 3.8) is 0 Å². The Morgan fingerprint density at radius 3 is 1.79 bits per heavy atom. The first-order chi connectivity index (χ1) is 17.3. The van der Waals surface area contributed by atoms with Crippen LogP contribution in [0.1, 0.15) is 0 Å². The van der Waals surface area contributed by atoms with E-state index in [9.17, 15) is 57.5 Å². The van der Waals surface area contributed by atoms with Gasteiger partial charge < -0.3 is 15.3 Å². The third-order valence-corrected chi connectivity index (χ3v) is 9.13. The number of fused-ring (bicyclic) bond motifs is 1. The number of phenols is 2. The summed E-state index contributed by atoms with van der Waals surface area (Å²) >= 11 is 0. The van der Waals surface area contributed by atoms with Crippen LogP contribution in [0.4, 0.5) is 11.4 Å². The van der Waals surface area contributed by atoms with Crippen molar-refractivity contribution in [2.75, 3.05) is 12.4 Å². The Balaban J connectivity index is 0.00000533. The van der Waals surface area contributed by atoms with E-state index in [2.05, 4.69) is 10.2 Å². The molecule has 0 atom stereocenters. The van der Waals surface area contributed by atoms with Crippen LogP contribution in [-0.4, -0.2) is 75.0 Å². The summed E-state index contributed by atoms with van der Waals surface area (Å²) in [7, 11) is -19.8. The molecule has 217 valence electrons. The van der Waals surface area contributed by atoms with Crippen LogP contribution in [0.2, 0.25) is 0 Å². The molecule has 0 heterocycles. The van der Waals surface area contributed by atoms with E-state index in [1.165, 1.54) is 0 Å². The van der Waals surface area contributed by atoms with Gasteiger partial charge in [-0.05, 0) is 41.8 Å². The van der Waals surface area contributed by atoms with Crippen molar-refractivity contribution in [1.29, 1.82) is 0 Å². The molecular weight excluding hydrogens is 660 g/mol. The zero-order valence-corrected chi connectivity index (χ0v) is 22.9. The summed E-state index contributed by atoms with van der Waals surface area (Å²) in [5.41, 5.74) is -1.77. The number of rotatable bonds is 8. The SMILES string of the molecule is O=S(=O)(O)c1cc(S(=O)(=O)O)c2c(O)c(N=Nc3cc(S(=O)(=O)CCO)ccc3O)c(S(=O)(=O)O)cc2c1.[Cu]. The average molecular weight is 676 g/mol. The summed E-state index contributed by atoms with van der Waals surface area (Å²) in [4.78, 5) is -4.14. The Hall–Kier alpha value is -2.72. The quantitative estimate of drug-likeness (QED) is 0.111. The van der Waals surface area contributed by atoms with Crippen molar-refractivity contribution < 1.29 is 79.7 Å². The zero-order valence-electron chi connectivity index (χ0n) is 18.7. The fourth-order valence-electron chi connectivity index (χ4n) is 3.19. The number of aromatic hydroxyl groups is 2. The van der Waals surface area contributed by atoms with Crippen LogP contribution in [0.3, 0.4) is 0 Å². The van der Waals surface area contributed by atoms with Crippen LogP contribution in [0, 0.1) is 0 Å². The summed E-state index contributed by atoms with van der Waals surface area (Å²) in [5.74, 6) is -2.75. The maximum atomic E-state index is 12.2. The smallest absolute Gasteiger partial charge is 0.296 e. The van der Waals surface area contributed by atoms with Gasteiger partial charge in [-0.1, -0.05) is 0 Å². The number of phenolic OH excluding ortho intramolecular Hbond substituents is 2. The van der Waals surface area contributed by atoms with E-state index in [4.69, 9.17) is 5.11 Å². The summed E-state index contributed by atoms with van der Waals surface area (Å²) in [6.45, 7) is -0.738. The van der Waals surface area contributed by atoms with Crippen molar-refractivity contribution in [3.8, 4) is 11.5 Å². The monoisotopic (exact) mass is 675 g/mol. The Morgan fingerprint density at radius 2 is 1.28 bits per heavy atom. The molecule has 3 aromatic rings. The van der Waals surface area contributed by atoms with E-state index in [1.54, 1.807) is 0 Å². The third kappa shape index (κ3) is 6.89. The van der Waals surface area contributed by atoms with Gasteiger partial charge in [0.05, 0.1) is 22.2 Å². The topological polar surface area (TPSA) is 283 Å². The maximum Gasteiger partial charge on any atom is 0.296 e. The van der Waals surface area contributed by atoms with Crippen LogP contribution >= 0.6 is 0 Å². The van der Waals surface area contributed by atoms with Crippen molar-refractivity contribution in [2.24, 2.45) is 10.2 Å². The van der Waals surface area contributed by atoms with Gasteiger partial charge >= 0.3 is 0 Å². The molecule has 16 nitrogen and oxygen atoms in total. The largest absolute Gasteiger partial charge is 0.506 e. The van der Waals surface area contributed by atoms with Crippen molar-refractivity contribution in [1.82, 2.24) is 0 Å². The first-order valence-electron chi connectivity index (χ1n) is 9.62. The fourth-order valence-corrected chi connectivity index (χ4v) is 6.25. The van der Waals surface area contributed by atoms with Crippen molar-refractivity contribution in [3.05, 3.63) is 36.4 Å². The number of sulfone groups is 1. The van der Waals surface area contributed by atoms with Crippen molar-refractivity contribution >= 4 is 62.3 Å². The Labute approximate surface area is 231 Å². The van der Waals surface area contributed by atoms with Gasteiger partial charge in [-0.2, -0.15) is 25.3 Å². The molecule has 0 unspecified atom stereocenters. The summed E-state index contributed by atoms with van der Waals surface area (Å²) < 4.78 is 124. The molecule has 3 rings (SSSR count). The molecule has 39 heavy (non-hydrogen) atoms. The Bertz CT molecular complexity index is 1940. The predicted octanol–water partition coefficient (Wildman–Crippen LogP) is 1.17. The molecule has 0 spiro atoms. The molecule has 0 aliphatic rings. The van der Waals surface area contributed by atoms with Gasteiger partial charge in [0.2, 0.25) is 0 Å². The molecule has 0 amide bonds. The van der Waals surface area contributed by atoms with E-state index in [1.807, 2.05) is 0 Å². The Kier molecular flexibility index (Phi) is 9.20. The number of hydrogen-bond donors (Lipinski definition) is 6. The molecule has 0 fully saturated rings. The molecule has 0 aliphatic heterocycles. The van der Waals surface area contributed by atoms with Gasteiger partial charge in [0.15, 0.2) is 15.6 Å². The molecule has 0 saturated heterocycles. The predicted molar refractivity (Wildman–Crippen MR) is 126 cm³/mol. The second kappa shape index (κ2) is 11.0. The fraction of sp³-hybridized carbons (Fsp3) is 0.111. The average Bonchev–Trinajstić information content (AvgIpc) is 2.76. The number of benzene rings is 3. The van der Waals surface area contributed by atoms with E-state index >= 15 is 0 Å². The number of hydrogen-bond acceptors (Lipinski definition) is 13. The molecule has 6 N–H and O–H groups in total. The number of aliphatic hydroxyl groups excluding tert-OH is 1. The standard InChI is InChI=1S/C18H16N2O14S4.Cu/c21-3-4-35(24,25)10-1-2-13(22)12(7-10)19-20-17-15(38(32,33)34)6-9-5-11(36(26,27)28)8-14(37(29,30)31)16(9)18(17)23;/h1-2,5-8,21-23H,3-4H2,(H,26,27,28)(H,29,30,31)(H,32,33,34);. The van der Waals surface area contributed by atoms with Crippen molar-refractivity contribution in [2.45, 2.75) is 19.6 Å². The van der Waals surface area contributed by atoms with Gasteiger partial charge in [-0.3, -0.25) is 13.7 Å². The van der Waals surface area contributed by atoms with Crippen LogP contribution in [0.5, 0.6) is 11.5 Å². The molecule has 0 bridgehead atoms. The zero-order chi connectivity index (χ0) is 28.8. The van der Waals surface area contributed by atoms with Gasteiger partial charge in [0.1, 0.15) is 26.9 Å². The number of azo groups is 1. The molecule has 0 aromatic heterocycles. The van der Waals surface area contributed by atoms with Crippen LogP contribution < -0.4 is 0 Å². The van der Waals surface area contributed by atoms with Gasteiger partial charge in [0, 0.05) is 22.5 Å². The van der Waals surface area contributed by atoms with Gasteiger partial charge in [-0.25, -0.2) is 8.42 Å². The van der Waals surface area contributed by atoms with E-state index in [0.717, 1.165) is 18.2 Å². The normalized spacial score (nSPS) is 13.0. The number of nitrogens with zero attached hydrogens (tertiary/aromatic N) is 2. The molecule has 21 heteroatoms. The first-order valence-corrected chi connectivity index (χ1v) is 15.6. The van der Waals surface area contributed by atoms with E-state index < -0.39 is 106 Å². The second-order valence-electron chi connectivity index (χ2n) is 7.41. The summed E-state index contributed by atoms with van der Waals surface area (Å²) in [6.07, 6.45) is 0. The van der Waals surface area contributed by atoms with Crippen LogP contribution in [-0.2, 0) is 57.3 Å². The molecule has 1 radical (unpaired) electrons. The molecular formula is C18H16CuN2O14S4. The van der Waals surface area contributed by atoms with Crippen LogP contribution in [0.25, 0.3) is 10.8 Å². The minimum atomic E-state index is -5.35. The molecule has 0 saturated carbocycles. The van der Waals surface area contributed by atoms with E-state index in [-0.39, 0.29) is 23.1 Å². The molecule has 0 aliphatic carbocycles. The third-order valence-electron chi connectivity index (χ3n) is 4.86. The summed E-state index contributed by atoms with van der Waals surface area (Å²) in [5, 5.41) is 34.9. The first kappa shape index (κ1) is 32.5. The molecule has 3 aromatic carbocycles. The number of aliphatic hydroxyl groups is 1. The van der Waals surface area contributed by atoms with E-state index in [0.29, 0.717) is 12.1 Å². The van der Waals surface area contributed by atoms with Crippen LogP contribution in [0.15, 0.2) is 66.2 Å². The minimum absolute atomic E-state index is 0. The Morgan fingerprint density at radius 1 is 0.692 bits per heavy atom. The maximum absolute atomic E-state index is 12.2. The minimum Gasteiger partial charge on any atom is -0.506 e. The second-order valence-corrected chi connectivity index (χ2v) is 13.7.